The van der Waals surface area contributed by atoms with Gasteiger partial charge >= 0.3 is 0 Å². The van der Waals surface area contributed by atoms with E-state index in [0.29, 0.717) is 11.4 Å². The van der Waals surface area contributed by atoms with Crippen LogP contribution in [0.4, 0.5) is 11.8 Å². The molecule has 6 heteroatoms. The minimum absolute atomic E-state index is 0.415. The van der Waals surface area contributed by atoms with Crippen molar-refractivity contribution in [1.82, 2.24) is 9.97 Å². The third kappa shape index (κ3) is 2.37. The highest BCUT2D eigenvalue weighted by Gasteiger charge is 2.31. The summed E-state index contributed by atoms with van der Waals surface area (Å²) in [4.78, 5) is 11.0. The lowest BCUT2D eigenvalue weighted by atomic mass is 9.70. The molecule has 0 unspecified atom stereocenters. The standard InChI is InChI=1S/C13H19N5S/c1-8-6-9-10(15-7-13(2)4-3-5-13)16-12(18-14)17-11(9)19-8/h6H,3-5,7,14H2,1-2H3,(H2,15,16,17,18). The average molecular weight is 277 g/mol. The minimum Gasteiger partial charge on any atom is -0.369 e. The van der Waals surface area contributed by atoms with Gasteiger partial charge in [-0.2, -0.15) is 4.98 Å². The predicted molar refractivity (Wildman–Crippen MR) is 80.4 cm³/mol. The van der Waals surface area contributed by atoms with Crippen molar-refractivity contribution < 1.29 is 0 Å². The number of hydrazine groups is 1. The Bertz CT molecular complexity index is 602. The molecule has 0 radical (unpaired) electrons. The second-order valence-corrected chi connectivity index (χ2v) is 6.87. The van der Waals surface area contributed by atoms with E-state index >= 15 is 0 Å². The van der Waals surface area contributed by atoms with Gasteiger partial charge in [0.25, 0.3) is 0 Å². The molecule has 0 aliphatic heterocycles. The van der Waals surface area contributed by atoms with E-state index in [1.807, 2.05) is 0 Å². The van der Waals surface area contributed by atoms with E-state index in [1.165, 1.54) is 24.1 Å². The van der Waals surface area contributed by atoms with Crippen LogP contribution < -0.4 is 16.6 Å². The Labute approximate surface area is 116 Å². The van der Waals surface area contributed by atoms with Gasteiger partial charge in [0.1, 0.15) is 10.6 Å². The Morgan fingerprint density at radius 2 is 2.21 bits per heavy atom. The van der Waals surface area contributed by atoms with Crippen LogP contribution in [-0.4, -0.2) is 16.5 Å². The van der Waals surface area contributed by atoms with E-state index in [0.717, 1.165) is 22.6 Å². The molecular weight excluding hydrogens is 258 g/mol. The smallest absolute Gasteiger partial charge is 0.240 e. The fourth-order valence-electron chi connectivity index (χ4n) is 2.50. The largest absolute Gasteiger partial charge is 0.369 e. The highest BCUT2D eigenvalue weighted by Crippen LogP contribution is 2.40. The van der Waals surface area contributed by atoms with Gasteiger partial charge in [0, 0.05) is 11.4 Å². The molecule has 4 N–H and O–H groups in total. The van der Waals surface area contributed by atoms with E-state index in [-0.39, 0.29) is 0 Å². The summed E-state index contributed by atoms with van der Waals surface area (Å²) >= 11 is 1.66. The van der Waals surface area contributed by atoms with Gasteiger partial charge in [0.15, 0.2) is 0 Å². The van der Waals surface area contributed by atoms with E-state index in [1.54, 1.807) is 11.3 Å². The molecule has 2 heterocycles. The Kier molecular flexibility index (Phi) is 3.06. The van der Waals surface area contributed by atoms with Gasteiger partial charge in [-0.25, -0.2) is 10.8 Å². The number of fused-ring (bicyclic) bond motifs is 1. The monoisotopic (exact) mass is 277 g/mol. The Hall–Kier alpha value is -1.40. The zero-order chi connectivity index (χ0) is 13.5. The van der Waals surface area contributed by atoms with Gasteiger partial charge < -0.3 is 5.32 Å². The molecule has 5 nitrogen and oxygen atoms in total. The van der Waals surface area contributed by atoms with Crippen LogP contribution in [0.5, 0.6) is 0 Å². The first-order chi connectivity index (χ1) is 9.09. The zero-order valence-electron chi connectivity index (χ0n) is 11.3. The number of hydrogen-bond acceptors (Lipinski definition) is 6. The van der Waals surface area contributed by atoms with Gasteiger partial charge in [-0.3, -0.25) is 5.43 Å². The molecular formula is C13H19N5S. The molecule has 19 heavy (non-hydrogen) atoms. The van der Waals surface area contributed by atoms with Gasteiger partial charge in [0.2, 0.25) is 5.95 Å². The Morgan fingerprint density at radius 3 is 2.84 bits per heavy atom. The van der Waals surface area contributed by atoms with Crippen LogP contribution in [0.2, 0.25) is 0 Å². The number of anilines is 2. The van der Waals surface area contributed by atoms with Gasteiger partial charge in [0.05, 0.1) is 5.39 Å². The number of nitrogen functional groups attached to an aromatic ring is 1. The lowest BCUT2D eigenvalue weighted by Crippen LogP contribution is -2.33. The summed E-state index contributed by atoms with van der Waals surface area (Å²) in [5, 5.41) is 4.57. The summed E-state index contributed by atoms with van der Waals surface area (Å²) in [7, 11) is 0. The van der Waals surface area contributed by atoms with Crippen LogP contribution in [0.15, 0.2) is 6.07 Å². The maximum Gasteiger partial charge on any atom is 0.240 e. The number of rotatable bonds is 4. The molecule has 0 amide bonds. The van der Waals surface area contributed by atoms with Crippen LogP contribution in [0.1, 0.15) is 31.1 Å². The SMILES string of the molecule is Cc1cc2c(NCC3(C)CCC3)nc(NN)nc2s1. The number of aryl methyl sites for hydroxylation is 1. The lowest BCUT2D eigenvalue weighted by Gasteiger charge is -2.38. The summed E-state index contributed by atoms with van der Waals surface area (Å²) < 4.78 is 0. The average Bonchev–Trinajstić information content (AvgIpc) is 2.73. The number of aromatic nitrogens is 2. The second kappa shape index (κ2) is 4.61. The second-order valence-electron chi connectivity index (χ2n) is 5.63. The fraction of sp³-hybridized carbons (Fsp3) is 0.538. The maximum atomic E-state index is 5.44. The molecule has 2 aromatic rings. The lowest BCUT2D eigenvalue weighted by molar-refractivity contribution is 0.180. The Morgan fingerprint density at radius 1 is 1.42 bits per heavy atom. The van der Waals surface area contributed by atoms with E-state index < -0.39 is 0 Å². The first-order valence-corrected chi connectivity index (χ1v) is 7.40. The third-order valence-electron chi connectivity index (χ3n) is 3.89. The van der Waals surface area contributed by atoms with Crippen molar-refractivity contribution in [2.24, 2.45) is 11.3 Å². The molecule has 3 rings (SSSR count). The van der Waals surface area contributed by atoms with Crippen molar-refractivity contribution in [2.75, 3.05) is 17.3 Å². The molecule has 0 aromatic carbocycles. The number of nitrogens with two attached hydrogens (primary N) is 1. The number of thiophene rings is 1. The van der Waals surface area contributed by atoms with E-state index in [4.69, 9.17) is 5.84 Å². The van der Waals surface area contributed by atoms with Gasteiger partial charge in [-0.05, 0) is 31.2 Å². The van der Waals surface area contributed by atoms with E-state index in [9.17, 15) is 0 Å². The van der Waals surface area contributed by atoms with E-state index in [2.05, 4.69) is 40.6 Å². The van der Waals surface area contributed by atoms with Crippen molar-refractivity contribution in [3.05, 3.63) is 10.9 Å². The molecule has 0 atom stereocenters. The normalized spacial score (nSPS) is 17.2. The first kappa shape index (κ1) is 12.6. The molecule has 1 aliphatic rings. The van der Waals surface area contributed by atoms with Crippen LogP contribution >= 0.6 is 11.3 Å². The highest BCUT2D eigenvalue weighted by atomic mass is 32.1. The molecule has 0 saturated heterocycles. The maximum absolute atomic E-state index is 5.44. The van der Waals surface area contributed by atoms with Crippen LogP contribution in [0.3, 0.4) is 0 Å². The summed E-state index contributed by atoms with van der Waals surface area (Å²) in [6, 6.07) is 2.13. The quantitative estimate of drug-likeness (QED) is 0.592. The van der Waals surface area contributed by atoms with Gasteiger partial charge in [-0.1, -0.05) is 13.3 Å². The van der Waals surface area contributed by atoms with Crippen molar-refractivity contribution in [2.45, 2.75) is 33.1 Å². The van der Waals surface area contributed by atoms with Crippen LogP contribution in [0.25, 0.3) is 10.2 Å². The molecule has 1 saturated carbocycles. The molecule has 0 bridgehead atoms. The van der Waals surface area contributed by atoms with Gasteiger partial charge in [-0.15, -0.1) is 11.3 Å². The molecule has 0 spiro atoms. The summed E-state index contributed by atoms with van der Waals surface area (Å²) in [6.45, 7) is 5.36. The molecule has 2 aromatic heterocycles. The Balaban J connectivity index is 1.91. The zero-order valence-corrected chi connectivity index (χ0v) is 12.1. The van der Waals surface area contributed by atoms with Crippen molar-refractivity contribution >= 4 is 33.3 Å². The van der Waals surface area contributed by atoms with Crippen molar-refractivity contribution in [1.29, 1.82) is 0 Å². The summed E-state index contributed by atoms with van der Waals surface area (Å²) in [5.74, 6) is 6.79. The number of nitrogens with zero attached hydrogens (tertiary/aromatic N) is 2. The fourth-order valence-corrected chi connectivity index (χ4v) is 3.37. The minimum atomic E-state index is 0.415. The highest BCUT2D eigenvalue weighted by molar-refractivity contribution is 7.18. The number of nitrogens with one attached hydrogen (secondary N) is 2. The number of hydrogen-bond donors (Lipinski definition) is 3. The summed E-state index contributed by atoms with van der Waals surface area (Å²) in [5.41, 5.74) is 2.95. The molecule has 1 aliphatic carbocycles. The molecule has 1 fully saturated rings. The third-order valence-corrected chi connectivity index (χ3v) is 4.83. The molecule has 102 valence electrons. The van der Waals surface area contributed by atoms with Crippen LogP contribution in [-0.2, 0) is 0 Å². The van der Waals surface area contributed by atoms with Crippen LogP contribution in [0, 0.1) is 12.3 Å². The van der Waals surface area contributed by atoms with Crippen molar-refractivity contribution in [3.63, 3.8) is 0 Å². The predicted octanol–water partition coefficient (Wildman–Crippen LogP) is 2.89. The topological polar surface area (TPSA) is 75.9 Å². The summed E-state index contributed by atoms with van der Waals surface area (Å²) in [6.07, 6.45) is 3.92. The van der Waals surface area contributed by atoms with Crippen molar-refractivity contribution in [3.8, 4) is 0 Å². The first-order valence-electron chi connectivity index (χ1n) is 6.58.